The Morgan fingerprint density at radius 2 is 2.10 bits per heavy atom. The van der Waals surface area contributed by atoms with Crippen LogP contribution in [0.15, 0.2) is 18.5 Å². The van der Waals surface area contributed by atoms with Crippen molar-refractivity contribution in [1.29, 1.82) is 0 Å². The summed E-state index contributed by atoms with van der Waals surface area (Å²) >= 11 is 0. The predicted octanol–water partition coefficient (Wildman–Crippen LogP) is 0.819. The van der Waals surface area contributed by atoms with Crippen LogP contribution in [0.2, 0.25) is 0 Å². The first kappa shape index (κ1) is 14.3. The average molecular weight is 290 g/mol. The molecule has 6 heteroatoms. The Labute approximate surface area is 124 Å². The highest BCUT2D eigenvalue weighted by molar-refractivity contribution is 5.85. The van der Waals surface area contributed by atoms with Gasteiger partial charge in [-0.15, -0.1) is 0 Å². The zero-order valence-corrected chi connectivity index (χ0v) is 12.4. The van der Waals surface area contributed by atoms with Gasteiger partial charge < -0.3 is 14.9 Å². The SMILES string of the molecule is CC1(O)CCCN(C(=O)C2CCCN2c2ncccn2)C1. The van der Waals surface area contributed by atoms with Gasteiger partial charge in [-0.3, -0.25) is 4.79 Å². The summed E-state index contributed by atoms with van der Waals surface area (Å²) in [6.07, 6.45) is 6.82. The lowest BCUT2D eigenvalue weighted by Crippen LogP contribution is -2.54. The van der Waals surface area contributed by atoms with Gasteiger partial charge in [-0.05, 0) is 38.7 Å². The van der Waals surface area contributed by atoms with Gasteiger partial charge in [-0.1, -0.05) is 0 Å². The summed E-state index contributed by atoms with van der Waals surface area (Å²) in [6.45, 7) is 3.77. The molecule has 2 saturated heterocycles. The number of amides is 1. The molecule has 2 aliphatic heterocycles. The van der Waals surface area contributed by atoms with Crippen molar-refractivity contribution in [3.63, 3.8) is 0 Å². The molecule has 0 spiro atoms. The van der Waals surface area contributed by atoms with Gasteiger partial charge >= 0.3 is 0 Å². The summed E-state index contributed by atoms with van der Waals surface area (Å²) in [5.41, 5.74) is -0.763. The molecule has 6 nitrogen and oxygen atoms in total. The Hall–Kier alpha value is -1.69. The van der Waals surface area contributed by atoms with Crippen molar-refractivity contribution in [3.8, 4) is 0 Å². The minimum absolute atomic E-state index is 0.0972. The van der Waals surface area contributed by atoms with Crippen molar-refractivity contribution in [2.45, 2.75) is 44.2 Å². The molecule has 0 aromatic carbocycles. The number of aliphatic hydroxyl groups is 1. The van der Waals surface area contributed by atoms with Crippen LogP contribution in [-0.2, 0) is 4.79 Å². The van der Waals surface area contributed by atoms with Crippen molar-refractivity contribution in [2.75, 3.05) is 24.5 Å². The highest BCUT2D eigenvalue weighted by atomic mass is 16.3. The number of anilines is 1. The normalized spacial score (nSPS) is 29.7. The predicted molar refractivity (Wildman–Crippen MR) is 78.8 cm³/mol. The Morgan fingerprint density at radius 1 is 1.33 bits per heavy atom. The lowest BCUT2D eigenvalue weighted by molar-refractivity contribution is -0.138. The molecule has 3 rings (SSSR count). The van der Waals surface area contributed by atoms with Crippen LogP contribution in [-0.4, -0.2) is 57.2 Å². The number of hydrogen-bond donors (Lipinski definition) is 1. The van der Waals surface area contributed by atoms with E-state index in [1.54, 1.807) is 30.3 Å². The van der Waals surface area contributed by atoms with Crippen molar-refractivity contribution in [2.24, 2.45) is 0 Å². The third-order valence-electron chi connectivity index (χ3n) is 4.33. The highest BCUT2D eigenvalue weighted by Gasteiger charge is 2.38. The lowest BCUT2D eigenvalue weighted by Gasteiger charge is -2.39. The van der Waals surface area contributed by atoms with Crippen molar-refractivity contribution < 1.29 is 9.90 Å². The van der Waals surface area contributed by atoms with Crippen LogP contribution in [0.5, 0.6) is 0 Å². The fourth-order valence-corrected chi connectivity index (χ4v) is 3.32. The monoisotopic (exact) mass is 290 g/mol. The number of piperidine rings is 1. The van der Waals surface area contributed by atoms with E-state index in [1.165, 1.54) is 0 Å². The largest absolute Gasteiger partial charge is 0.388 e. The van der Waals surface area contributed by atoms with E-state index in [0.29, 0.717) is 12.5 Å². The van der Waals surface area contributed by atoms with Gasteiger partial charge in [-0.2, -0.15) is 0 Å². The third kappa shape index (κ3) is 3.00. The Morgan fingerprint density at radius 3 is 2.81 bits per heavy atom. The molecule has 114 valence electrons. The van der Waals surface area contributed by atoms with Crippen LogP contribution in [0.25, 0.3) is 0 Å². The van der Waals surface area contributed by atoms with Crippen LogP contribution >= 0.6 is 0 Å². The maximum atomic E-state index is 12.8. The topological polar surface area (TPSA) is 69.6 Å². The molecule has 1 N–H and O–H groups in total. The number of rotatable bonds is 2. The van der Waals surface area contributed by atoms with Gasteiger partial charge in [0, 0.05) is 32.0 Å². The maximum absolute atomic E-state index is 12.8. The molecule has 2 atom stereocenters. The van der Waals surface area contributed by atoms with Crippen LogP contribution in [0, 0.1) is 0 Å². The molecule has 21 heavy (non-hydrogen) atoms. The summed E-state index contributed by atoms with van der Waals surface area (Å²) in [5, 5.41) is 10.2. The third-order valence-corrected chi connectivity index (χ3v) is 4.33. The Bertz CT molecular complexity index is 506. The zero-order chi connectivity index (χ0) is 14.9. The first-order valence-electron chi connectivity index (χ1n) is 7.62. The number of aromatic nitrogens is 2. The second-order valence-corrected chi connectivity index (χ2v) is 6.26. The number of nitrogens with zero attached hydrogens (tertiary/aromatic N) is 4. The van der Waals surface area contributed by atoms with E-state index in [-0.39, 0.29) is 11.9 Å². The molecule has 1 aromatic heterocycles. The quantitative estimate of drug-likeness (QED) is 0.873. The second kappa shape index (κ2) is 5.60. The summed E-state index contributed by atoms with van der Waals surface area (Å²) < 4.78 is 0. The first-order valence-corrected chi connectivity index (χ1v) is 7.62. The molecule has 2 aliphatic rings. The molecule has 0 saturated carbocycles. The Balaban J connectivity index is 1.74. The fraction of sp³-hybridized carbons (Fsp3) is 0.667. The lowest BCUT2D eigenvalue weighted by atomic mass is 9.94. The Kier molecular flexibility index (Phi) is 3.80. The molecule has 0 bridgehead atoms. The molecule has 1 aromatic rings. The smallest absolute Gasteiger partial charge is 0.245 e. The molecule has 2 unspecified atom stereocenters. The first-order chi connectivity index (χ1) is 10.1. The molecule has 1 amide bonds. The molecule has 3 heterocycles. The van der Waals surface area contributed by atoms with E-state index in [9.17, 15) is 9.90 Å². The standard InChI is InChI=1S/C15H22N4O2/c1-15(21)6-3-9-18(11-15)13(20)12-5-2-10-19(12)14-16-7-4-8-17-14/h4,7-8,12,21H,2-3,5-6,9-11H2,1H3. The van der Waals surface area contributed by atoms with Gasteiger partial charge in [0.1, 0.15) is 6.04 Å². The van der Waals surface area contributed by atoms with Gasteiger partial charge in [-0.25, -0.2) is 9.97 Å². The van der Waals surface area contributed by atoms with Gasteiger partial charge in [0.05, 0.1) is 5.60 Å². The van der Waals surface area contributed by atoms with E-state index < -0.39 is 5.60 Å². The van der Waals surface area contributed by atoms with Crippen LogP contribution in [0.3, 0.4) is 0 Å². The average Bonchev–Trinajstić information content (AvgIpc) is 2.95. The minimum Gasteiger partial charge on any atom is -0.388 e. The number of carbonyl (C=O) groups is 1. The molecule has 0 aliphatic carbocycles. The van der Waals surface area contributed by atoms with Gasteiger partial charge in [0.25, 0.3) is 0 Å². The second-order valence-electron chi connectivity index (χ2n) is 6.26. The fourth-order valence-electron chi connectivity index (χ4n) is 3.32. The van der Waals surface area contributed by atoms with Crippen molar-refractivity contribution >= 4 is 11.9 Å². The molecular weight excluding hydrogens is 268 g/mol. The van der Waals surface area contributed by atoms with Crippen LogP contribution in [0.1, 0.15) is 32.6 Å². The van der Waals surface area contributed by atoms with Crippen molar-refractivity contribution in [1.82, 2.24) is 14.9 Å². The summed E-state index contributed by atoms with van der Waals surface area (Å²) in [5.74, 6) is 0.719. The van der Waals surface area contributed by atoms with Crippen LogP contribution < -0.4 is 4.90 Å². The van der Waals surface area contributed by atoms with Crippen molar-refractivity contribution in [3.05, 3.63) is 18.5 Å². The van der Waals surface area contributed by atoms with E-state index >= 15 is 0 Å². The number of β-amino-alcohol motifs (C(OH)–C–C–N with tert-alkyl or cyclic N) is 1. The number of likely N-dealkylation sites (tertiary alicyclic amines) is 1. The number of carbonyl (C=O) groups excluding carboxylic acids is 1. The molecule has 0 radical (unpaired) electrons. The molecule has 2 fully saturated rings. The van der Waals surface area contributed by atoms with Crippen LogP contribution in [0.4, 0.5) is 5.95 Å². The minimum atomic E-state index is -0.763. The highest BCUT2D eigenvalue weighted by Crippen LogP contribution is 2.26. The van der Waals surface area contributed by atoms with E-state index in [2.05, 4.69) is 9.97 Å². The maximum Gasteiger partial charge on any atom is 0.245 e. The van der Waals surface area contributed by atoms with Gasteiger partial charge in [0.15, 0.2) is 0 Å². The number of hydrogen-bond acceptors (Lipinski definition) is 5. The van der Waals surface area contributed by atoms with E-state index in [0.717, 1.165) is 38.8 Å². The van der Waals surface area contributed by atoms with E-state index in [4.69, 9.17) is 0 Å². The summed E-state index contributed by atoms with van der Waals surface area (Å²) in [4.78, 5) is 25.1. The summed E-state index contributed by atoms with van der Waals surface area (Å²) in [7, 11) is 0. The van der Waals surface area contributed by atoms with Gasteiger partial charge in [0.2, 0.25) is 11.9 Å². The summed E-state index contributed by atoms with van der Waals surface area (Å²) in [6, 6.07) is 1.58. The molecular formula is C15H22N4O2. The van der Waals surface area contributed by atoms with E-state index in [1.807, 2.05) is 4.90 Å². The zero-order valence-electron chi connectivity index (χ0n) is 12.4.